The van der Waals surface area contributed by atoms with E-state index in [0.717, 1.165) is 5.70 Å². The van der Waals surface area contributed by atoms with Crippen LogP contribution in [0, 0.1) is 5.92 Å². The molecule has 0 unspecified atom stereocenters. The second-order valence-corrected chi connectivity index (χ2v) is 4.00. The third-order valence-corrected chi connectivity index (χ3v) is 2.24. The van der Waals surface area contributed by atoms with Gasteiger partial charge in [-0.05, 0) is 26.7 Å². The standard InChI is InChI=1S/C11H18N2/c1-8(2)11-10(5)13(9(3)4)7-6-12-11/h7-9H,1-5H3. The Kier molecular flexibility index (Phi) is 2.94. The van der Waals surface area contributed by atoms with Crippen LogP contribution in [0.3, 0.4) is 0 Å². The van der Waals surface area contributed by atoms with Crippen molar-refractivity contribution in [1.29, 1.82) is 0 Å². The third kappa shape index (κ3) is 2.02. The predicted octanol–water partition coefficient (Wildman–Crippen LogP) is 2.78. The summed E-state index contributed by atoms with van der Waals surface area (Å²) in [5.41, 5.74) is 2.40. The molecule has 0 saturated heterocycles. The van der Waals surface area contributed by atoms with Crippen LogP contribution < -0.4 is 0 Å². The van der Waals surface area contributed by atoms with Gasteiger partial charge in [0, 0.05) is 17.6 Å². The topological polar surface area (TPSA) is 15.6 Å². The molecule has 0 fully saturated rings. The van der Waals surface area contributed by atoms with Gasteiger partial charge < -0.3 is 4.90 Å². The fourth-order valence-electron chi connectivity index (χ4n) is 1.55. The number of nitrogens with zero attached hydrogens (tertiary/aromatic N) is 2. The van der Waals surface area contributed by atoms with E-state index in [1.54, 1.807) is 0 Å². The first-order valence-electron chi connectivity index (χ1n) is 4.82. The van der Waals surface area contributed by atoms with Crippen LogP contribution in [-0.4, -0.2) is 16.8 Å². The van der Waals surface area contributed by atoms with Gasteiger partial charge >= 0.3 is 0 Å². The number of aliphatic imine (C=N–C) groups is 1. The van der Waals surface area contributed by atoms with Crippen molar-refractivity contribution < 1.29 is 0 Å². The number of rotatable bonds is 2. The molecule has 1 rings (SSSR count). The molecule has 0 radical (unpaired) electrons. The van der Waals surface area contributed by atoms with Crippen molar-refractivity contribution in [3.05, 3.63) is 17.6 Å². The van der Waals surface area contributed by atoms with Crippen LogP contribution in [0.2, 0.25) is 0 Å². The molecule has 0 aliphatic carbocycles. The molecule has 1 heterocycles. The highest BCUT2D eigenvalue weighted by atomic mass is 15.2. The maximum atomic E-state index is 4.27. The Morgan fingerprint density at radius 1 is 1.31 bits per heavy atom. The minimum Gasteiger partial charge on any atom is -0.339 e. The van der Waals surface area contributed by atoms with Gasteiger partial charge in [-0.3, -0.25) is 0 Å². The third-order valence-electron chi connectivity index (χ3n) is 2.24. The summed E-state index contributed by atoms with van der Waals surface area (Å²) in [5.74, 6) is 3.42. The smallest absolute Gasteiger partial charge is 0.0721 e. The van der Waals surface area contributed by atoms with Crippen molar-refractivity contribution in [1.82, 2.24) is 4.90 Å². The van der Waals surface area contributed by atoms with Crippen molar-refractivity contribution in [2.75, 3.05) is 0 Å². The summed E-state index contributed by atoms with van der Waals surface area (Å²) in [6.07, 6.45) is 1.92. The summed E-state index contributed by atoms with van der Waals surface area (Å²) in [7, 11) is 0. The van der Waals surface area contributed by atoms with Crippen molar-refractivity contribution in [3.63, 3.8) is 0 Å². The van der Waals surface area contributed by atoms with Crippen LogP contribution in [-0.2, 0) is 0 Å². The zero-order valence-corrected chi connectivity index (χ0v) is 9.13. The Morgan fingerprint density at radius 2 is 1.92 bits per heavy atom. The quantitative estimate of drug-likeness (QED) is 0.635. The van der Waals surface area contributed by atoms with E-state index in [4.69, 9.17) is 0 Å². The summed E-state index contributed by atoms with van der Waals surface area (Å²) < 4.78 is 0. The molecular formula is C11H18N2. The van der Waals surface area contributed by atoms with Gasteiger partial charge in [0.2, 0.25) is 0 Å². The molecule has 0 bridgehead atoms. The Labute approximate surface area is 80.7 Å². The molecule has 0 aromatic heterocycles. The molecule has 0 aromatic rings. The normalized spacial score (nSPS) is 16.7. The molecule has 13 heavy (non-hydrogen) atoms. The molecule has 72 valence electrons. The van der Waals surface area contributed by atoms with Crippen LogP contribution in [0.1, 0.15) is 34.6 Å². The summed E-state index contributed by atoms with van der Waals surface area (Å²) >= 11 is 0. The minimum atomic E-state index is 0.474. The van der Waals surface area contributed by atoms with Crippen molar-refractivity contribution in [3.8, 4) is 0 Å². The second kappa shape index (κ2) is 3.80. The number of hydrogen-bond acceptors (Lipinski definition) is 2. The van der Waals surface area contributed by atoms with E-state index >= 15 is 0 Å². The van der Waals surface area contributed by atoms with E-state index < -0.39 is 0 Å². The maximum absolute atomic E-state index is 4.27. The zero-order chi connectivity index (χ0) is 10.0. The lowest BCUT2D eigenvalue weighted by Crippen LogP contribution is -2.26. The summed E-state index contributed by atoms with van der Waals surface area (Å²) in [5, 5.41) is 0. The zero-order valence-electron chi connectivity index (χ0n) is 9.13. The van der Waals surface area contributed by atoms with Crippen LogP contribution in [0.5, 0.6) is 0 Å². The van der Waals surface area contributed by atoms with Crippen LogP contribution >= 0.6 is 0 Å². The Morgan fingerprint density at radius 3 is 2.38 bits per heavy atom. The Bertz CT molecular complexity index is 278. The monoisotopic (exact) mass is 178 g/mol. The largest absolute Gasteiger partial charge is 0.339 e. The molecule has 2 nitrogen and oxygen atoms in total. The van der Waals surface area contributed by atoms with Gasteiger partial charge in [0.15, 0.2) is 0 Å². The Hall–Kier alpha value is -1.01. The first-order chi connectivity index (χ1) is 6.04. The Balaban J connectivity index is 3.02. The summed E-state index contributed by atoms with van der Waals surface area (Å²) in [6.45, 7) is 10.8. The molecular weight excluding hydrogens is 160 g/mol. The van der Waals surface area contributed by atoms with Gasteiger partial charge in [0.05, 0.1) is 11.9 Å². The lowest BCUT2D eigenvalue weighted by atomic mass is 10.1. The molecule has 0 amide bonds. The highest BCUT2D eigenvalue weighted by molar-refractivity contribution is 5.56. The fraction of sp³-hybridized carbons (Fsp3) is 0.636. The van der Waals surface area contributed by atoms with Gasteiger partial charge in [-0.15, -0.1) is 0 Å². The predicted molar refractivity (Wildman–Crippen MR) is 56.5 cm³/mol. The number of hydrogen-bond donors (Lipinski definition) is 0. The molecule has 0 atom stereocenters. The molecule has 1 aliphatic heterocycles. The van der Waals surface area contributed by atoms with Gasteiger partial charge in [-0.25, -0.2) is 4.99 Å². The average Bonchev–Trinajstić information content (AvgIpc) is 2.03. The lowest BCUT2D eigenvalue weighted by Gasteiger charge is -2.28. The van der Waals surface area contributed by atoms with E-state index in [-0.39, 0.29) is 0 Å². The van der Waals surface area contributed by atoms with E-state index in [1.807, 2.05) is 6.20 Å². The second-order valence-electron chi connectivity index (χ2n) is 4.00. The maximum Gasteiger partial charge on any atom is 0.0721 e. The fourth-order valence-corrected chi connectivity index (χ4v) is 1.55. The van der Waals surface area contributed by atoms with E-state index in [9.17, 15) is 0 Å². The summed E-state index contributed by atoms with van der Waals surface area (Å²) in [4.78, 5) is 6.49. The van der Waals surface area contributed by atoms with Crippen molar-refractivity contribution in [2.24, 2.45) is 10.9 Å². The first kappa shape index (κ1) is 10.1. The summed E-state index contributed by atoms with van der Waals surface area (Å²) in [6, 6.07) is 0.483. The molecule has 2 heteroatoms. The first-order valence-corrected chi connectivity index (χ1v) is 4.82. The van der Waals surface area contributed by atoms with Crippen LogP contribution in [0.25, 0.3) is 0 Å². The van der Waals surface area contributed by atoms with Crippen LogP contribution in [0.15, 0.2) is 22.6 Å². The highest BCUT2D eigenvalue weighted by Gasteiger charge is 2.15. The van der Waals surface area contributed by atoms with E-state index in [2.05, 4.69) is 50.4 Å². The molecule has 1 aliphatic rings. The number of allylic oxidation sites excluding steroid dienone is 2. The SMILES string of the molecule is CC1=C(C(C)C)N=C=CN1C(C)C. The highest BCUT2D eigenvalue weighted by Crippen LogP contribution is 2.22. The van der Waals surface area contributed by atoms with Crippen molar-refractivity contribution in [2.45, 2.75) is 40.7 Å². The van der Waals surface area contributed by atoms with E-state index in [1.165, 1.54) is 5.70 Å². The molecule has 0 aromatic carbocycles. The average molecular weight is 178 g/mol. The lowest BCUT2D eigenvalue weighted by molar-refractivity contribution is 0.376. The molecule has 0 saturated carbocycles. The van der Waals surface area contributed by atoms with Crippen LogP contribution in [0.4, 0.5) is 0 Å². The van der Waals surface area contributed by atoms with E-state index in [0.29, 0.717) is 12.0 Å². The molecule has 0 spiro atoms. The van der Waals surface area contributed by atoms with Gasteiger partial charge in [-0.2, -0.15) is 0 Å². The van der Waals surface area contributed by atoms with Gasteiger partial charge in [0.1, 0.15) is 0 Å². The van der Waals surface area contributed by atoms with Crippen molar-refractivity contribution >= 4 is 5.87 Å². The van der Waals surface area contributed by atoms with Gasteiger partial charge in [0.25, 0.3) is 0 Å². The van der Waals surface area contributed by atoms with Gasteiger partial charge in [-0.1, -0.05) is 13.8 Å². The minimum absolute atomic E-state index is 0.474. The molecule has 0 N–H and O–H groups in total.